The molecule has 3 amide bonds. The van der Waals surface area contributed by atoms with Gasteiger partial charge in [0.15, 0.2) is 0 Å². The number of methoxy groups -OCH3 is 1. The molecule has 0 unspecified atom stereocenters. The van der Waals surface area contributed by atoms with Gasteiger partial charge in [0.25, 0.3) is 5.91 Å². The lowest BCUT2D eigenvalue weighted by molar-refractivity contribution is 0.0473. The summed E-state index contributed by atoms with van der Waals surface area (Å²) in [4.78, 5) is 33.0. The normalized spacial score (nSPS) is 28.5. The number of hydrogen-bond acceptors (Lipinski definition) is 5. The van der Waals surface area contributed by atoms with E-state index in [9.17, 15) is 9.59 Å². The number of hydrogen-bond donors (Lipinski definition) is 1. The van der Waals surface area contributed by atoms with E-state index in [-0.39, 0.29) is 11.9 Å². The highest BCUT2D eigenvalue weighted by Gasteiger charge is 2.44. The zero-order valence-corrected chi connectivity index (χ0v) is 19.2. The lowest BCUT2D eigenvalue weighted by Gasteiger charge is -2.44. The fraction of sp³-hybridized carbons (Fsp3) is 0.739. The third kappa shape index (κ3) is 4.04. The maximum atomic E-state index is 12.9. The second-order valence-electron chi connectivity index (χ2n) is 9.42. The van der Waals surface area contributed by atoms with Crippen LogP contribution in [0.4, 0.5) is 4.79 Å². The fourth-order valence-electron chi connectivity index (χ4n) is 6.15. The van der Waals surface area contributed by atoms with E-state index in [1.807, 2.05) is 16.3 Å². The minimum Gasteiger partial charge on any atom is -0.495 e. The number of ether oxygens (including phenoxy) is 1. The van der Waals surface area contributed by atoms with Gasteiger partial charge in [0.2, 0.25) is 0 Å². The van der Waals surface area contributed by atoms with E-state index in [0.29, 0.717) is 34.8 Å². The Morgan fingerprint density at radius 1 is 1.03 bits per heavy atom. The van der Waals surface area contributed by atoms with Crippen LogP contribution in [0, 0.1) is 0 Å². The van der Waals surface area contributed by atoms with Crippen LogP contribution < -0.4 is 10.1 Å². The Labute approximate surface area is 188 Å². The molecule has 4 aliphatic rings. The summed E-state index contributed by atoms with van der Waals surface area (Å²) in [5.74, 6) is 0.788. The maximum Gasteiger partial charge on any atom is 0.318 e. The first-order chi connectivity index (χ1) is 15.2. The number of fused-ring (bicyclic) bond motifs is 1. The molecule has 1 N–H and O–H groups in total. The summed E-state index contributed by atoms with van der Waals surface area (Å²) in [7, 11) is 1.62. The van der Waals surface area contributed by atoms with Crippen LogP contribution in [0.2, 0.25) is 0 Å². The van der Waals surface area contributed by atoms with Crippen LogP contribution in [0.15, 0.2) is 11.4 Å². The zero-order chi connectivity index (χ0) is 21.4. The number of rotatable bonds is 4. The molecule has 0 radical (unpaired) electrons. The van der Waals surface area contributed by atoms with Crippen LogP contribution in [-0.2, 0) is 0 Å². The minimum atomic E-state index is 0.103. The molecule has 8 heteroatoms. The van der Waals surface area contributed by atoms with Crippen molar-refractivity contribution in [2.75, 3.05) is 33.3 Å². The molecule has 0 spiro atoms. The molecule has 1 aliphatic carbocycles. The molecule has 7 nitrogen and oxygen atoms in total. The average molecular weight is 447 g/mol. The van der Waals surface area contributed by atoms with Crippen LogP contribution in [0.5, 0.6) is 5.75 Å². The number of urea groups is 1. The van der Waals surface area contributed by atoms with Crippen molar-refractivity contribution in [3.63, 3.8) is 0 Å². The van der Waals surface area contributed by atoms with E-state index in [0.717, 1.165) is 64.7 Å². The highest BCUT2D eigenvalue weighted by atomic mass is 32.1. The molecule has 4 heterocycles. The first kappa shape index (κ1) is 21.1. The summed E-state index contributed by atoms with van der Waals surface area (Å²) >= 11 is 1.46. The average Bonchev–Trinajstić information content (AvgIpc) is 3.42. The molecular weight excluding hydrogens is 412 g/mol. The summed E-state index contributed by atoms with van der Waals surface area (Å²) < 4.78 is 5.33. The zero-order valence-electron chi connectivity index (χ0n) is 18.4. The van der Waals surface area contributed by atoms with Crippen LogP contribution in [0.25, 0.3) is 0 Å². The van der Waals surface area contributed by atoms with E-state index in [1.165, 1.54) is 24.2 Å². The maximum absolute atomic E-state index is 12.9. The number of thiophene rings is 1. The first-order valence-electron chi connectivity index (χ1n) is 11.9. The topological polar surface area (TPSA) is 65.1 Å². The van der Waals surface area contributed by atoms with Crippen molar-refractivity contribution >= 4 is 23.3 Å². The standard InChI is InChI=1S/C23H34N4O3S/c1-30-20-10-15-31-21(20)22(28)26-13-6-16(7-14-26)25-11-8-17(9-12-25)27-19-5-3-2-4-18(19)24-23(27)29/h10,15-19H,2-9,11-14H2,1H3,(H,24,29)/t18-,19-/m1/s1. The van der Waals surface area contributed by atoms with Gasteiger partial charge >= 0.3 is 6.03 Å². The van der Waals surface area contributed by atoms with E-state index in [2.05, 4.69) is 15.1 Å². The smallest absolute Gasteiger partial charge is 0.318 e. The monoisotopic (exact) mass is 446 g/mol. The van der Waals surface area contributed by atoms with Crippen molar-refractivity contribution in [3.8, 4) is 5.75 Å². The molecule has 1 aromatic heterocycles. The van der Waals surface area contributed by atoms with Gasteiger partial charge in [-0.1, -0.05) is 12.8 Å². The summed E-state index contributed by atoms with van der Waals surface area (Å²) in [6.07, 6.45) is 8.99. The van der Waals surface area contributed by atoms with Crippen LogP contribution in [0.1, 0.15) is 61.0 Å². The van der Waals surface area contributed by atoms with E-state index >= 15 is 0 Å². The van der Waals surface area contributed by atoms with E-state index in [4.69, 9.17) is 4.74 Å². The van der Waals surface area contributed by atoms with Gasteiger partial charge in [0.1, 0.15) is 10.6 Å². The Balaban J connectivity index is 1.12. The predicted octanol–water partition coefficient (Wildman–Crippen LogP) is 3.16. The van der Waals surface area contributed by atoms with Gasteiger partial charge in [0.05, 0.1) is 19.2 Å². The molecule has 1 saturated carbocycles. The molecule has 0 bridgehead atoms. The first-order valence-corrected chi connectivity index (χ1v) is 12.8. The second-order valence-corrected chi connectivity index (χ2v) is 10.3. The van der Waals surface area contributed by atoms with Crippen molar-refractivity contribution in [2.45, 2.75) is 75.5 Å². The minimum absolute atomic E-state index is 0.103. The van der Waals surface area contributed by atoms with Crippen molar-refractivity contribution in [1.29, 1.82) is 0 Å². The lowest BCUT2D eigenvalue weighted by atomic mass is 9.89. The molecular formula is C23H34N4O3S. The number of carbonyl (C=O) groups excluding carboxylic acids is 2. The third-order valence-electron chi connectivity index (χ3n) is 7.83. The second kappa shape index (κ2) is 8.98. The Morgan fingerprint density at radius 2 is 1.74 bits per heavy atom. The third-order valence-corrected chi connectivity index (χ3v) is 8.72. The van der Waals surface area contributed by atoms with Crippen molar-refractivity contribution in [1.82, 2.24) is 20.0 Å². The van der Waals surface area contributed by atoms with E-state index < -0.39 is 0 Å². The fourth-order valence-corrected chi connectivity index (χ4v) is 6.98. The van der Waals surface area contributed by atoms with Crippen LogP contribution in [-0.4, -0.2) is 84.1 Å². The predicted molar refractivity (Wildman–Crippen MR) is 121 cm³/mol. The van der Waals surface area contributed by atoms with Crippen molar-refractivity contribution in [3.05, 3.63) is 16.3 Å². The molecule has 31 heavy (non-hydrogen) atoms. The summed E-state index contributed by atoms with van der Waals surface area (Å²) in [5, 5.41) is 5.16. The molecule has 1 aromatic rings. The Bertz CT molecular complexity index is 798. The number of nitrogens with zero attached hydrogens (tertiary/aromatic N) is 3. The number of likely N-dealkylation sites (tertiary alicyclic amines) is 2. The molecule has 3 saturated heterocycles. The van der Waals surface area contributed by atoms with Gasteiger partial charge in [-0.3, -0.25) is 4.79 Å². The molecule has 2 atom stereocenters. The number of nitrogens with one attached hydrogen (secondary N) is 1. The highest BCUT2D eigenvalue weighted by Crippen LogP contribution is 2.33. The lowest BCUT2D eigenvalue weighted by Crippen LogP contribution is -2.53. The Kier molecular flexibility index (Phi) is 6.10. The van der Waals surface area contributed by atoms with Gasteiger partial charge in [-0.2, -0.15) is 0 Å². The molecule has 5 rings (SSSR count). The molecule has 3 aliphatic heterocycles. The molecule has 170 valence electrons. The van der Waals surface area contributed by atoms with Gasteiger partial charge in [-0.25, -0.2) is 4.79 Å². The van der Waals surface area contributed by atoms with Gasteiger partial charge < -0.3 is 24.8 Å². The largest absolute Gasteiger partial charge is 0.495 e. The van der Waals surface area contributed by atoms with Gasteiger partial charge in [0, 0.05) is 38.3 Å². The van der Waals surface area contributed by atoms with E-state index in [1.54, 1.807) is 7.11 Å². The Morgan fingerprint density at radius 3 is 2.48 bits per heavy atom. The number of carbonyl (C=O) groups is 2. The van der Waals surface area contributed by atoms with Crippen molar-refractivity contribution < 1.29 is 14.3 Å². The summed E-state index contributed by atoms with van der Waals surface area (Å²) in [6, 6.07) is 3.77. The number of amides is 3. The van der Waals surface area contributed by atoms with Gasteiger partial charge in [-0.15, -0.1) is 11.3 Å². The quantitative estimate of drug-likeness (QED) is 0.772. The van der Waals surface area contributed by atoms with Crippen LogP contribution >= 0.6 is 11.3 Å². The molecule has 0 aromatic carbocycles. The molecule has 4 fully saturated rings. The number of piperidine rings is 2. The van der Waals surface area contributed by atoms with Gasteiger partial charge in [-0.05, 0) is 50.0 Å². The van der Waals surface area contributed by atoms with Crippen LogP contribution in [0.3, 0.4) is 0 Å². The SMILES string of the molecule is COc1ccsc1C(=O)N1CCC(N2CCC(N3C(=O)N[C@@H]4CCCC[C@H]43)CC2)CC1. The van der Waals surface area contributed by atoms with Crippen molar-refractivity contribution in [2.24, 2.45) is 0 Å². The summed E-state index contributed by atoms with van der Waals surface area (Å²) in [6.45, 7) is 3.73. The summed E-state index contributed by atoms with van der Waals surface area (Å²) in [5.41, 5.74) is 0. The highest BCUT2D eigenvalue weighted by molar-refractivity contribution is 7.12. The Hall–Kier alpha value is -1.80.